The second kappa shape index (κ2) is 7.57. The molecule has 0 aliphatic rings. The second-order valence-corrected chi connectivity index (χ2v) is 6.22. The number of rotatable bonds is 6. The molecule has 4 nitrogen and oxygen atoms in total. The minimum atomic E-state index is 0.437. The number of hydrogen-bond donors (Lipinski definition) is 0. The quantitative estimate of drug-likeness (QED) is 0.464. The van der Waals surface area contributed by atoms with Gasteiger partial charge in [0.25, 0.3) is 0 Å². The smallest absolute Gasteiger partial charge is 0.132 e. The monoisotopic (exact) mass is 307 g/mol. The minimum absolute atomic E-state index is 0.437. The number of nitrogens with zero attached hydrogens (tertiary/aromatic N) is 4. The van der Waals surface area contributed by atoms with Crippen LogP contribution >= 0.6 is 0 Å². The lowest BCUT2D eigenvalue weighted by molar-refractivity contribution is 0.486. The molecule has 0 saturated carbocycles. The highest BCUT2D eigenvalue weighted by atomic mass is 15.4. The molecule has 2 aromatic rings. The van der Waals surface area contributed by atoms with Gasteiger partial charge in [-0.25, -0.2) is 0 Å². The van der Waals surface area contributed by atoms with Crippen molar-refractivity contribution in [2.24, 2.45) is 5.10 Å². The van der Waals surface area contributed by atoms with Gasteiger partial charge in [-0.05, 0) is 42.0 Å². The first-order valence-electron chi connectivity index (χ1n) is 7.66. The lowest BCUT2D eigenvalue weighted by Crippen LogP contribution is -2.34. The molecular formula is C19H23N4+. The molecule has 0 heterocycles. The summed E-state index contributed by atoms with van der Waals surface area (Å²) in [6.07, 6.45) is 2.27. The van der Waals surface area contributed by atoms with Crippen molar-refractivity contribution in [2.45, 2.75) is 6.42 Å². The fourth-order valence-corrected chi connectivity index (χ4v) is 2.15. The highest BCUT2D eigenvalue weighted by Crippen LogP contribution is 2.17. The third-order valence-corrected chi connectivity index (χ3v) is 3.50. The molecule has 0 atom stereocenters. The van der Waals surface area contributed by atoms with Crippen LogP contribution in [0.2, 0.25) is 0 Å². The molecule has 0 saturated heterocycles. The van der Waals surface area contributed by atoms with Crippen LogP contribution in [-0.4, -0.2) is 33.9 Å². The number of anilines is 1. The van der Waals surface area contributed by atoms with Crippen molar-refractivity contribution in [3.8, 4) is 6.07 Å². The van der Waals surface area contributed by atoms with Crippen molar-refractivity contribution in [3.63, 3.8) is 0 Å². The Morgan fingerprint density at radius 3 is 2.26 bits per heavy atom. The van der Waals surface area contributed by atoms with Crippen LogP contribution in [-0.2, 0) is 0 Å². The van der Waals surface area contributed by atoms with E-state index in [1.54, 1.807) is 0 Å². The Labute approximate surface area is 138 Å². The first-order valence-corrected chi connectivity index (χ1v) is 7.66. The van der Waals surface area contributed by atoms with Gasteiger partial charge in [-0.2, -0.15) is 10.4 Å². The molecule has 23 heavy (non-hydrogen) atoms. The summed E-state index contributed by atoms with van der Waals surface area (Å²) in [6.45, 7) is 0.577. The molecule has 0 fully saturated rings. The average Bonchev–Trinajstić information content (AvgIpc) is 2.55. The molecule has 0 N–H and O–H groups in total. The SMILES string of the molecule is C[N+](C)(C)c1ccc(/C=N/N(CCC#N)c2ccccc2)cc1. The summed E-state index contributed by atoms with van der Waals surface area (Å²) < 4.78 is 0.787. The maximum atomic E-state index is 8.82. The fraction of sp³-hybridized carbons (Fsp3) is 0.263. The maximum Gasteiger partial charge on any atom is 0.132 e. The van der Waals surface area contributed by atoms with Gasteiger partial charge in [0.15, 0.2) is 0 Å². The van der Waals surface area contributed by atoms with Crippen molar-refractivity contribution in [1.82, 2.24) is 4.48 Å². The molecule has 4 heteroatoms. The van der Waals surface area contributed by atoms with Gasteiger partial charge < -0.3 is 0 Å². The maximum absolute atomic E-state index is 8.82. The molecule has 0 amide bonds. The summed E-state index contributed by atoms with van der Waals surface area (Å²) in [5.74, 6) is 0. The number of hydrazone groups is 1. The fourth-order valence-electron chi connectivity index (χ4n) is 2.15. The van der Waals surface area contributed by atoms with E-state index in [1.165, 1.54) is 5.69 Å². The van der Waals surface area contributed by atoms with E-state index in [0.29, 0.717) is 13.0 Å². The van der Waals surface area contributed by atoms with Gasteiger partial charge in [0.2, 0.25) is 0 Å². The van der Waals surface area contributed by atoms with Crippen LogP contribution in [0.1, 0.15) is 12.0 Å². The summed E-state index contributed by atoms with van der Waals surface area (Å²) in [5, 5.41) is 15.2. The van der Waals surface area contributed by atoms with Gasteiger partial charge in [-0.3, -0.25) is 9.49 Å². The third kappa shape index (κ3) is 4.94. The van der Waals surface area contributed by atoms with E-state index in [2.05, 4.69) is 56.6 Å². The van der Waals surface area contributed by atoms with Crippen LogP contribution in [0, 0.1) is 11.3 Å². The first kappa shape index (κ1) is 16.7. The zero-order valence-electron chi connectivity index (χ0n) is 14.0. The Morgan fingerprint density at radius 1 is 1.04 bits per heavy atom. The van der Waals surface area contributed by atoms with Crippen LogP contribution in [0.15, 0.2) is 59.7 Å². The van der Waals surface area contributed by atoms with Gasteiger partial charge in [0, 0.05) is 0 Å². The van der Waals surface area contributed by atoms with Crippen molar-refractivity contribution in [3.05, 3.63) is 60.2 Å². The van der Waals surface area contributed by atoms with Gasteiger partial charge in [0.05, 0.1) is 52.1 Å². The van der Waals surface area contributed by atoms with E-state index in [4.69, 9.17) is 5.26 Å². The molecule has 0 aromatic heterocycles. The standard InChI is InChI=1S/C19H23N4/c1-23(2,3)19-12-10-17(11-13-19)16-21-22(15-7-14-20)18-8-5-4-6-9-18/h4-6,8-13,16H,7,15H2,1-3H3/q+1/b21-16+. The predicted molar refractivity (Wildman–Crippen MR) is 97.6 cm³/mol. The van der Waals surface area contributed by atoms with Crippen molar-refractivity contribution in [1.29, 1.82) is 5.26 Å². The zero-order chi connectivity index (χ0) is 16.7. The van der Waals surface area contributed by atoms with Gasteiger partial charge >= 0.3 is 0 Å². The summed E-state index contributed by atoms with van der Waals surface area (Å²) in [5.41, 5.74) is 3.27. The minimum Gasteiger partial charge on any atom is -0.298 e. The van der Waals surface area contributed by atoms with E-state index in [0.717, 1.165) is 15.7 Å². The van der Waals surface area contributed by atoms with Crippen LogP contribution in [0.5, 0.6) is 0 Å². The number of benzene rings is 2. The second-order valence-electron chi connectivity index (χ2n) is 6.22. The normalized spacial score (nSPS) is 11.4. The lowest BCUT2D eigenvalue weighted by atomic mass is 10.2. The molecule has 2 aromatic carbocycles. The van der Waals surface area contributed by atoms with E-state index in [1.807, 2.05) is 41.6 Å². The Hall–Kier alpha value is -2.64. The van der Waals surface area contributed by atoms with Crippen LogP contribution in [0.3, 0.4) is 0 Å². The zero-order valence-corrected chi connectivity index (χ0v) is 14.0. The molecular weight excluding hydrogens is 284 g/mol. The van der Waals surface area contributed by atoms with E-state index in [-0.39, 0.29) is 0 Å². The van der Waals surface area contributed by atoms with Crippen LogP contribution < -0.4 is 9.49 Å². The van der Waals surface area contributed by atoms with Gasteiger partial charge in [0.1, 0.15) is 5.69 Å². The highest BCUT2D eigenvalue weighted by molar-refractivity contribution is 5.81. The van der Waals surface area contributed by atoms with Crippen LogP contribution in [0.4, 0.5) is 11.4 Å². The molecule has 0 aliphatic carbocycles. The highest BCUT2D eigenvalue weighted by Gasteiger charge is 2.10. The summed E-state index contributed by atoms with van der Waals surface area (Å²) in [7, 11) is 6.42. The van der Waals surface area contributed by atoms with Crippen LogP contribution in [0.25, 0.3) is 0 Å². The molecule has 0 unspecified atom stereocenters. The average molecular weight is 307 g/mol. The predicted octanol–water partition coefficient (Wildman–Crippen LogP) is 3.64. The summed E-state index contributed by atoms with van der Waals surface area (Å²) in [6, 6.07) is 20.4. The Kier molecular flexibility index (Phi) is 5.51. The number of hydrogen-bond acceptors (Lipinski definition) is 3. The van der Waals surface area contributed by atoms with Crippen molar-refractivity contribution < 1.29 is 0 Å². The third-order valence-electron chi connectivity index (χ3n) is 3.50. The summed E-state index contributed by atoms with van der Waals surface area (Å²) in [4.78, 5) is 0. The molecule has 0 radical (unpaired) electrons. The van der Waals surface area contributed by atoms with E-state index >= 15 is 0 Å². The van der Waals surface area contributed by atoms with E-state index < -0.39 is 0 Å². The summed E-state index contributed by atoms with van der Waals surface area (Å²) >= 11 is 0. The molecule has 0 bridgehead atoms. The number of nitriles is 1. The van der Waals surface area contributed by atoms with Gasteiger partial charge in [-0.1, -0.05) is 18.2 Å². The lowest BCUT2D eigenvalue weighted by Gasteiger charge is -2.23. The van der Waals surface area contributed by atoms with Crippen molar-refractivity contribution >= 4 is 17.6 Å². The number of para-hydroxylation sites is 1. The molecule has 0 spiro atoms. The largest absolute Gasteiger partial charge is 0.298 e. The molecule has 2 rings (SSSR count). The molecule has 0 aliphatic heterocycles. The Balaban J connectivity index is 2.16. The Bertz CT molecular complexity index is 676. The van der Waals surface area contributed by atoms with E-state index in [9.17, 15) is 0 Å². The molecule has 118 valence electrons. The Morgan fingerprint density at radius 2 is 1.70 bits per heavy atom. The number of quaternary nitrogens is 1. The van der Waals surface area contributed by atoms with Gasteiger partial charge in [-0.15, -0.1) is 0 Å². The topological polar surface area (TPSA) is 39.4 Å². The van der Waals surface area contributed by atoms with Crippen molar-refractivity contribution in [2.75, 3.05) is 32.7 Å². The first-order chi connectivity index (χ1) is 11.0.